The summed E-state index contributed by atoms with van der Waals surface area (Å²) in [7, 11) is 0. The van der Waals surface area contributed by atoms with Crippen molar-refractivity contribution >= 4 is 40.0 Å². The minimum Gasteiger partial charge on any atom is -0.338 e. The van der Waals surface area contributed by atoms with E-state index in [0.717, 1.165) is 0 Å². The summed E-state index contributed by atoms with van der Waals surface area (Å²) in [4.78, 5) is 22.9. The lowest BCUT2D eigenvalue weighted by molar-refractivity contribution is -0.384. The molecule has 2 aromatic heterocycles. The number of nitrogens with zero attached hydrogens (tertiary/aromatic N) is 5. The van der Waals surface area contributed by atoms with Gasteiger partial charge in [0, 0.05) is 24.4 Å². The van der Waals surface area contributed by atoms with Gasteiger partial charge in [-0.15, -0.1) is 0 Å². The quantitative estimate of drug-likeness (QED) is 0.450. The number of hydrogen-bond donors (Lipinski definition) is 1. The number of nitrogens with one attached hydrogen (secondary N) is 1. The zero-order chi connectivity index (χ0) is 15.7. The Hall–Kier alpha value is -2.74. The van der Waals surface area contributed by atoms with Crippen LogP contribution in [-0.4, -0.2) is 24.4 Å². The van der Waals surface area contributed by atoms with Gasteiger partial charge in [-0.25, -0.2) is 4.98 Å². The Kier molecular flexibility index (Phi) is 3.60. The van der Waals surface area contributed by atoms with Crippen LogP contribution in [0.5, 0.6) is 0 Å². The fourth-order valence-corrected chi connectivity index (χ4v) is 2.23. The van der Waals surface area contributed by atoms with Gasteiger partial charge in [-0.05, 0) is 24.6 Å². The van der Waals surface area contributed by atoms with E-state index in [9.17, 15) is 10.1 Å². The lowest BCUT2D eigenvalue weighted by Crippen LogP contribution is -2.00. The molecule has 0 saturated carbocycles. The molecule has 8 nitrogen and oxygen atoms in total. The molecule has 3 rings (SSSR count). The fourth-order valence-electron chi connectivity index (χ4n) is 2.07. The maximum atomic E-state index is 10.8. The molecule has 0 amide bonds. The van der Waals surface area contributed by atoms with Crippen molar-refractivity contribution in [3.8, 4) is 0 Å². The molecule has 0 fully saturated rings. The van der Waals surface area contributed by atoms with E-state index in [1.165, 1.54) is 12.1 Å². The maximum Gasteiger partial charge on any atom is 0.271 e. The van der Waals surface area contributed by atoms with Crippen LogP contribution in [0.3, 0.4) is 0 Å². The van der Waals surface area contributed by atoms with E-state index in [0.29, 0.717) is 29.2 Å². The van der Waals surface area contributed by atoms with Crippen LogP contribution < -0.4 is 5.32 Å². The molecule has 0 spiro atoms. The number of fused-ring (bicyclic) bond motifs is 1. The van der Waals surface area contributed by atoms with Gasteiger partial charge in [0.1, 0.15) is 0 Å². The molecule has 112 valence electrons. The Morgan fingerprint density at radius 3 is 2.95 bits per heavy atom. The topological polar surface area (TPSA) is 98.8 Å². The van der Waals surface area contributed by atoms with Crippen LogP contribution >= 0.6 is 11.6 Å². The molecule has 0 aliphatic carbocycles. The molecule has 0 atom stereocenters. The van der Waals surface area contributed by atoms with Crippen molar-refractivity contribution in [2.24, 2.45) is 0 Å². The van der Waals surface area contributed by atoms with E-state index in [2.05, 4.69) is 20.3 Å². The van der Waals surface area contributed by atoms with Crippen LogP contribution in [0.1, 0.15) is 6.92 Å². The number of hydrogen-bond acceptors (Lipinski definition) is 6. The number of anilines is 2. The average Bonchev–Trinajstić information content (AvgIpc) is 2.90. The van der Waals surface area contributed by atoms with Gasteiger partial charge in [0.2, 0.25) is 5.28 Å². The van der Waals surface area contributed by atoms with Crippen molar-refractivity contribution in [2.45, 2.75) is 13.5 Å². The highest BCUT2D eigenvalue weighted by molar-refractivity contribution is 6.28. The predicted octanol–water partition coefficient (Wildman–Crippen LogP) is 3.15. The molecule has 0 radical (unpaired) electrons. The number of non-ortho nitro benzene ring substituents is 1. The molecule has 9 heteroatoms. The third-order valence-corrected chi connectivity index (χ3v) is 3.27. The van der Waals surface area contributed by atoms with Crippen molar-refractivity contribution in [2.75, 3.05) is 5.32 Å². The third-order valence-electron chi connectivity index (χ3n) is 3.10. The van der Waals surface area contributed by atoms with Crippen LogP contribution in [-0.2, 0) is 6.54 Å². The van der Waals surface area contributed by atoms with Crippen LogP contribution in [0.15, 0.2) is 30.6 Å². The van der Waals surface area contributed by atoms with Gasteiger partial charge in [-0.1, -0.05) is 6.07 Å². The van der Waals surface area contributed by atoms with Gasteiger partial charge in [0.25, 0.3) is 5.69 Å². The largest absolute Gasteiger partial charge is 0.338 e. The zero-order valence-electron chi connectivity index (χ0n) is 11.5. The number of benzene rings is 1. The number of rotatable bonds is 4. The van der Waals surface area contributed by atoms with Crippen molar-refractivity contribution < 1.29 is 4.92 Å². The lowest BCUT2D eigenvalue weighted by Gasteiger charge is -2.07. The number of imidazole rings is 1. The number of nitro benzene ring substituents is 1. The van der Waals surface area contributed by atoms with Crippen LogP contribution in [0, 0.1) is 10.1 Å². The first-order chi connectivity index (χ1) is 10.6. The number of nitro groups is 1. The minimum absolute atomic E-state index is 0.0134. The molecule has 1 N–H and O–H groups in total. The van der Waals surface area contributed by atoms with Gasteiger partial charge in [0.05, 0.1) is 11.3 Å². The van der Waals surface area contributed by atoms with Crippen molar-refractivity contribution in [1.82, 2.24) is 19.5 Å². The SMILES string of the molecule is CCn1cnc2c(Nc3cccc([N+](=O)[O-])c3)nc(Cl)nc21. The monoisotopic (exact) mass is 318 g/mol. The maximum absolute atomic E-state index is 10.8. The van der Waals surface area contributed by atoms with E-state index < -0.39 is 4.92 Å². The zero-order valence-corrected chi connectivity index (χ0v) is 12.3. The van der Waals surface area contributed by atoms with Gasteiger partial charge in [-0.3, -0.25) is 10.1 Å². The molecule has 0 aliphatic heterocycles. The average molecular weight is 319 g/mol. The van der Waals surface area contributed by atoms with E-state index in [1.807, 2.05) is 11.5 Å². The molecule has 2 heterocycles. The van der Waals surface area contributed by atoms with Gasteiger partial charge >= 0.3 is 0 Å². The Labute approximate surface area is 129 Å². The standard InChI is InChI=1S/C13H11ClN6O2/c1-2-19-7-15-10-11(17-13(14)18-12(10)19)16-8-4-3-5-9(6-8)20(21)22/h3-7H,2H2,1H3,(H,16,17,18). The normalized spacial score (nSPS) is 10.8. The second-order valence-corrected chi connectivity index (χ2v) is 4.81. The molecular formula is C13H11ClN6O2. The molecule has 3 aromatic rings. The summed E-state index contributed by atoms with van der Waals surface area (Å²) in [6.07, 6.45) is 1.65. The van der Waals surface area contributed by atoms with Gasteiger partial charge < -0.3 is 9.88 Å². The summed E-state index contributed by atoms with van der Waals surface area (Å²) in [5, 5.41) is 13.9. The number of aromatic nitrogens is 4. The molecule has 0 saturated heterocycles. The van der Waals surface area contributed by atoms with E-state index in [-0.39, 0.29) is 11.0 Å². The summed E-state index contributed by atoms with van der Waals surface area (Å²) in [6, 6.07) is 6.12. The highest BCUT2D eigenvalue weighted by atomic mass is 35.5. The highest BCUT2D eigenvalue weighted by Crippen LogP contribution is 2.26. The summed E-state index contributed by atoms with van der Waals surface area (Å²) < 4.78 is 1.83. The van der Waals surface area contributed by atoms with Crippen LogP contribution in [0.2, 0.25) is 5.28 Å². The van der Waals surface area contributed by atoms with Gasteiger partial charge in [-0.2, -0.15) is 9.97 Å². The van der Waals surface area contributed by atoms with Gasteiger partial charge in [0.15, 0.2) is 17.0 Å². The van der Waals surface area contributed by atoms with Crippen LogP contribution in [0.4, 0.5) is 17.2 Å². The molecule has 0 aliphatic rings. The smallest absolute Gasteiger partial charge is 0.271 e. The third kappa shape index (κ3) is 2.56. The first-order valence-electron chi connectivity index (χ1n) is 6.48. The second kappa shape index (κ2) is 5.57. The van der Waals surface area contributed by atoms with Crippen molar-refractivity contribution in [1.29, 1.82) is 0 Å². The van der Waals surface area contributed by atoms with Crippen molar-refractivity contribution in [3.05, 3.63) is 46.0 Å². The first kappa shape index (κ1) is 14.2. The Balaban J connectivity index is 2.05. The summed E-state index contributed by atoms with van der Waals surface area (Å²) in [5.41, 5.74) is 1.67. The van der Waals surface area contributed by atoms with E-state index in [4.69, 9.17) is 11.6 Å². The number of aryl methyl sites for hydroxylation is 1. The number of halogens is 1. The highest BCUT2D eigenvalue weighted by Gasteiger charge is 2.13. The summed E-state index contributed by atoms with van der Waals surface area (Å²) in [5.74, 6) is 0.405. The molecule has 22 heavy (non-hydrogen) atoms. The summed E-state index contributed by atoms with van der Waals surface area (Å²) >= 11 is 5.95. The molecule has 1 aromatic carbocycles. The minimum atomic E-state index is -0.459. The lowest BCUT2D eigenvalue weighted by atomic mass is 10.3. The second-order valence-electron chi connectivity index (χ2n) is 4.48. The van der Waals surface area contributed by atoms with E-state index in [1.54, 1.807) is 18.5 Å². The molecular weight excluding hydrogens is 308 g/mol. The molecule has 0 bridgehead atoms. The first-order valence-corrected chi connectivity index (χ1v) is 6.86. The fraction of sp³-hybridized carbons (Fsp3) is 0.154. The Morgan fingerprint density at radius 2 is 2.23 bits per heavy atom. The van der Waals surface area contributed by atoms with Crippen LogP contribution in [0.25, 0.3) is 11.2 Å². The Morgan fingerprint density at radius 1 is 1.41 bits per heavy atom. The summed E-state index contributed by atoms with van der Waals surface area (Å²) in [6.45, 7) is 2.66. The molecule has 0 unspecified atom stereocenters. The Bertz CT molecular complexity index is 863. The van der Waals surface area contributed by atoms with Crippen molar-refractivity contribution in [3.63, 3.8) is 0 Å². The predicted molar refractivity (Wildman–Crippen MR) is 82.4 cm³/mol. The van der Waals surface area contributed by atoms with E-state index >= 15 is 0 Å².